The molecule has 36 heavy (non-hydrogen) atoms. The third kappa shape index (κ3) is 5.96. The Balaban J connectivity index is 1.49. The Morgan fingerprint density at radius 3 is 2.50 bits per heavy atom. The number of carbonyl (C=O) groups is 1. The SMILES string of the molecule is Cc1cc(C(=O)NS(=O)(=O)c2ccc(NCCSc3ccccc3)c([N+](=O)[O-])c2)c(-n2cccc2)s1. The number of benzene rings is 2. The van der Waals surface area contributed by atoms with Crippen molar-refractivity contribution < 1.29 is 18.1 Å². The number of nitrogens with zero attached hydrogens (tertiary/aromatic N) is 2. The van der Waals surface area contributed by atoms with Crippen LogP contribution in [0.2, 0.25) is 0 Å². The van der Waals surface area contributed by atoms with Gasteiger partial charge in [-0.25, -0.2) is 13.1 Å². The number of sulfonamides is 1. The minimum absolute atomic E-state index is 0.195. The second-order valence-corrected chi connectivity index (χ2v) is 11.7. The number of thioether (sulfide) groups is 1. The lowest BCUT2D eigenvalue weighted by Gasteiger charge is -2.11. The summed E-state index contributed by atoms with van der Waals surface area (Å²) in [5, 5.41) is 15.2. The van der Waals surface area contributed by atoms with Crippen molar-refractivity contribution >= 4 is 50.4 Å². The fourth-order valence-electron chi connectivity index (χ4n) is 3.41. The molecule has 0 bridgehead atoms. The molecule has 0 aliphatic carbocycles. The molecule has 12 heteroatoms. The molecule has 9 nitrogen and oxygen atoms in total. The molecule has 0 radical (unpaired) electrons. The zero-order chi connectivity index (χ0) is 25.7. The number of amides is 1. The molecule has 186 valence electrons. The predicted octanol–water partition coefficient (Wildman–Crippen LogP) is 5.08. The van der Waals surface area contributed by atoms with Gasteiger partial charge in [0.1, 0.15) is 10.7 Å². The molecule has 2 aromatic heterocycles. The molecular weight excluding hydrogens is 520 g/mol. The van der Waals surface area contributed by atoms with Gasteiger partial charge in [-0.15, -0.1) is 23.1 Å². The van der Waals surface area contributed by atoms with E-state index in [9.17, 15) is 23.3 Å². The molecule has 4 aromatic rings. The van der Waals surface area contributed by atoms with Crippen LogP contribution in [-0.2, 0) is 10.0 Å². The Hall–Kier alpha value is -3.61. The first-order valence-corrected chi connectivity index (χ1v) is 14.0. The van der Waals surface area contributed by atoms with E-state index in [-0.39, 0.29) is 16.1 Å². The number of hydrogen-bond acceptors (Lipinski definition) is 8. The Labute approximate surface area is 216 Å². The first-order valence-electron chi connectivity index (χ1n) is 10.8. The summed E-state index contributed by atoms with van der Waals surface area (Å²) in [6, 6.07) is 18.4. The minimum atomic E-state index is -4.36. The van der Waals surface area contributed by atoms with Crippen LogP contribution in [0.25, 0.3) is 5.00 Å². The van der Waals surface area contributed by atoms with E-state index in [4.69, 9.17) is 0 Å². The van der Waals surface area contributed by atoms with Gasteiger partial charge in [0, 0.05) is 40.5 Å². The summed E-state index contributed by atoms with van der Waals surface area (Å²) in [5.74, 6) is -0.160. The van der Waals surface area contributed by atoms with Crippen molar-refractivity contribution in [1.29, 1.82) is 0 Å². The second kappa shape index (κ2) is 11.0. The topological polar surface area (TPSA) is 123 Å². The predicted molar refractivity (Wildman–Crippen MR) is 142 cm³/mol. The van der Waals surface area contributed by atoms with Crippen LogP contribution >= 0.6 is 23.1 Å². The summed E-state index contributed by atoms with van der Waals surface area (Å²) in [5.41, 5.74) is -0.00212. The van der Waals surface area contributed by atoms with Crippen molar-refractivity contribution in [2.45, 2.75) is 16.7 Å². The number of nitro groups is 1. The van der Waals surface area contributed by atoms with Crippen LogP contribution in [0, 0.1) is 17.0 Å². The fourth-order valence-corrected chi connectivity index (χ4v) is 6.16. The third-order valence-electron chi connectivity index (χ3n) is 5.05. The molecule has 2 aromatic carbocycles. The van der Waals surface area contributed by atoms with Gasteiger partial charge in [-0.2, -0.15) is 0 Å². The molecule has 0 aliphatic rings. The van der Waals surface area contributed by atoms with Gasteiger partial charge in [-0.05, 0) is 49.4 Å². The first kappa shape index (κ1) is 25.5. The molecule has 0 spiro atoms. The van der Waals surface area contributed by atoms with Crippen LogP contribution in [0.15, 0.2) is 88.9 Å². The van der Waals surface area contributed by atoms with Crippen molar-refractivity contribution in [1.82, 2.24) is 9.29 Å². The number of nitro benzene ring substituents is 1. The molecule has 1 amide bonds. The largest absolute Gasteiger partial charge is 0.379 e. The maximum absolute atomic E-state index is 12.9. The molecule has 0 unspecified atom stereocenters. The van der Waals surface area contributed by atoms with Crippen LogP contribution in [0.1, 0.15) is 15.2 Å². The highest BCUT2D eigenvalue weighted by molar-refractivity contribution is 7.99. The molecule has 2 heterocycles. The van der Waals surface area contributed by atoms with E-state index in [1.165, 1.54) is 23.5 Å². The van der Waals surface area contributed by atoms with Crippen molar-refractivity contribution in [3.05, 3.63) is 99.7 Å². The van der Waals surface area contributed by atoms with Gasteiger partial charge >= 0.3 is 0 Å². The van der Waals surface area contributed by atoms with E-state index >= 15 is 0 Å². The van der Waals surface area contributed by atoms with Gasteiger partial charge in [0.25, 0.3) is 21.6 Å². The van der Waals surface area contributed by atoms with Crippen molar-refractivity contribution in [2.75, 3.05) is 17.6 Å². The maximum atomic E-state index is 12.9. The van der Waals surface area contributed by atoms with Gasteiger partial charge < -0.3 is 9.88 Å². The lowest BCUT2D eigenvalue weighted by atomic mass is 10.2. The van der Waals surface area contributed by atoms with Crippen LogP contribution in [0.3, 0.4) is 0 Å². The molecule has 0 saturated heterocycles. The summed E-state index contributed by atoms with van der Waals surface area (Å²) in [6.45, 7) is 2.25. The third-order valence-corrected chi connectivity index (χ3v) is 8.46. The number of hydrogen-bond donors (Lipinski definition) is 2. The van der Waals surface area contributed by atoms with Gasteiger partial charge in [0.2, 0.25) is 0 Å². The fraction of sp³-hybridized carbons (Fsp3) is 0.125. The van der Waals surface area contributed by atoms with Crippen molar-refractivity contribution in [2.24, 2.45) is 0 Å². The lowest BCUT2D eigenvalue weighted by molar-refractivity contribution is -0.384. The van der Waals surface area contributed by atoms with Gasteiger partial charge in [0.15, 0.2) is 0 Å². The summed E-state index contributed by atoms with van der Waals surface area (Å²) in [4.78, 5) is 25.4. The average molecular weight is 543 g/mol. The van der Waals surface area contributed by atoms with Crippen LogP contribution < -0.4 is 10.0 Å². The van der Waals surface area contributed by atoms with E-state index < -0.39 is 26.5 Å². The highest BCUT2D eigenvalue weighted by atomic mass is 32.2. The number of aryl methyl sites for hydroxylation is 1. The van der Waals surface area contributed by atoms with E-state index in [2.05, 4.69) is 5.32 Å². The number of aromatic nitrogens is 1. The molecule has 0 aliphatic heterocycles. The lowest BCUT2D eigenvalue weighted by Crippen LogP contribution is -2.31. The Bertz CT molecular complexity index is 1480. The standard InChI is InChI=1S/C24H22N4O5S3/c1-17-15-20(24(35-17)27-12-5-6-13-27)23(29)26-36(32,33)19-9-10-21(22(16-19)28(30)31)25-11-14-34-18-7-3-2-4-8-18/h2-10,12-13,15-16,25H,11,14H2,1H3,(H,26,29). The zero-order valence-electron chi connectivity index (χ0n) is 19.1. The minimum Gasteiger partial charge on any atom is -0.379 e. The molecule has 0 saturated carbocycles. The number of carbonyl (C=O) groups excluding carboxylic acids is 1. The van der Waals surface area contributed by atoms with Crippen LogP contribution in [-0.4, -0.2) is 36.1 Å². The summed E-state index contributed by atoms with van der Waals surface area (Å²) >= 11 is 2.94. The van der Waals surface area contributed by atoms with Gasteiger partial charge in [-0.1, -0.05) is 18.2 Å². The van der Waals surface area contributed by atoms with Gasteiger partial charge in [-0.3, -0.25) is 14.9 Å². The maximum Gasteiger partial charge on any atom is 0.293 e. The quantitative estimate of drug-likeness (QED) is 0.124. The van der Waals surface area contributed by atoms with Crippen LogP contribution in [0.4, 0.5) is 11.4 Å². The van der Waals surface area contributed by atoms with Gasteiger partial charge in [0.05, 0.1) is 15.4 Å². The Morgan fingerprint density at radius 2 is 1.81 bits per heavy atom. The Kier molecular flexibility index (Phi) is 7.77. The summed E-state index contributed by atoms with van der Waals surface area (Å²) in [7, 11) is -4.36. The van der Waals surface area contributed by atoms with Crippen LogP contribution in [0.5, 0.6) is 0 Å². The first-order chi connectivity index (χ1) is 17.2. The molecule has 2 N–H and O–H groups in total. The van der Waals surface area contributed by atoms with Crippen molar-refractivity contribution in [3.8, 4) is 5.00 Å². The monoisotopic (exact) mass is 542 g/mol. The highest BCUT2D eigenvalue weighted by Crippen LogP contribution is 2.29. The zero-order valence-corrected chi connectivity index (χ0v) is 21.5. The summed E-state index contributed by atoms with van der Waals surface area (Å²) < 4.78 is 29.6. The van der Waals surface area contributed by atoms with E-state index in [1.54, 1.807) is 46.9 Å². The Morgan fingerprint density at radius 1 is 1.08 bits per heavy atom. The average Bonchev–Trinajstić information content (AvgIpc) is 3.52. The number of anilines is 1. The molecule has 0 atom stereocenters. The second-order valence-electron chi connectivity index (χ2n) is 7.63. The van der Waals surface area contributed by atoms with Crippen molar-refractivity contribution in [3.63, 3.8) is 0 Å². The normalized spacial score (nSPS) is 11.2. The highest BCUT2D eigenvalue weighted by Gasteiger charge is 2.25. The van der Waals surface area contributed by atoms with E-state index in [0.29, 0.717) is 17.3 Å². The van der Waals surface area contributed by atoms with E-state index in [1.807, 2.05) is 42.0 Å². The molecule has 4 rings (SSSR count). The number of rotatable bonds is 10. The number of nitrogens with one attached hydrogen (secondary N) is 2. The summed E-state index contributed by atoms with van der Waals surface area (Å²) in [6.07, 6.45) is 3.51. The smallest absolute Gasteiger partial charge is 0.293 e. The molecule has 0 fully saturated rings. The van der Waals surface area contributed by atoms with E-state index in [0.717, 1.165) is 15.8 Å². The number of thiophene rings is 1. The molecular formula is C24H22N4O5S3.